The van der Waals surface area contributed by atoms with Gasteiger partial charge < -0.3 is 24.3 Å². The summed E-state index contributed by atoms with van der Waals surface area (Å²) in [6.07, 6.45) is 0.905. The van der Waals surface area contributed by atoms with Crippen LogP contribution < -0.4 is 24.3 Å². The van der Waals surface area contributed by atoms with Gasteiger partial charge in [-0.2, -0.15) is 0 Å². The SMILES string of the molecule is COc1ccc(-c2nc(CNC(c3ccc4c(c3)OCCCO4)C(C)C)cs2)cc1OC. The molecular formula is C25H30N2O4S. The Balaban J connectivity index is 1.48. The first kappa shape index (κ1) is 22.4. The highest BCUT2D eigenvalue weighted by molar-refractivity contribution is 7.13. The average Bonchev–Trinajstić information content (AvgIpc) is 3.15. The van der Waals surface area contributed by atoms with E-state index in [1.807, 2.05) is 24.3 Å². The smallest absolute Gasteiger partial charge is 0.161 e. The van der Waals surface area contributed by atoms with Gasteiger partial charge >= 0.3 is 0 Å². The van der Waals surface area contributed by atoms with Crippen molar-refractivity contribution in [1.29, 1.82) is 0 Å². The van der Waals surface area contributed by atoms with Crippen LogP contribution in [0.25, 0.3) is 10.6 Å². The van der Waals surface area contributed by atoms with Crippen LogP contribution in [0.3, 0.4) is 0 Å². The Kier molecular flexibility index (Phi) is 7.17. The number of rotatable bonds is 8. The lowest BCUT2D eigenvalue weighted by Crippen LogP contribution is -2.25. The Hall–Kier alpha value is -2.77. The Morgan fingerprint density at radius 2 is 1.78 bits per heavy atom. The second kappa shape index (κ2) is 10.2. The molecular weight excluding hydrogens is 424 g/mol. The molecule has 170 valence electrons. The maximum absolute atomic E-state index is 5.89. The van der Waals surface area contributed by atoms with Gasteiger partial charge in [0.25, 0.3) is 0 Å². The summed E-state index contributed by atoms with van der Waals surface area (Å²) in [5, 5.41) is 6.74. The molecule has 1 aliphatic rings. The van der Waals surface area contributed by atoms with Gasteiger partial charge in [-0.15, -0.1) is 11.3 Å². The number of hydrogen-bond donors (Lipinski definition) is 1. The van der Waals surface area contributed by atoms with Crippen molar-refractivity contribution in [1.82, 2.24) is 10.3 Å². The van der Waals surface area contributed by atoms with Crippen molar-refractivity contribution in [2.45, 2.75) is 32.9 Å². The Morgan fingerprint density at radius 3 is 2.53 bits per heavy atom. The minimum Gasteiger partial charge on any atom is -0.493 e. The molecule has 3 aromatic rings. The standard InChI is InChI=1S/C25H30N2O4S/c1-16(2)24(17-6-9-21-23(12-17)31-11-5-10-30-21)26-14-19-15-32-25(27-19)18-7-8-20(28-3)22(13-18)29-4/h6-9,12-13,15-16,24,26H,5,10-11,14H2,1-4H3. The van der Waals surface area contributed by atoms with Gasteiger partial charge in [0.05, 0.1) is 33.1 Å². The minimum atomic E-state index is 0.179. The molecule has 1 aromatic heterocycles. The third-order valence-electron chi connectivity index (χ3n) is 5.48. The van der Waals surface area contributed by atoms with Crippen molar-refractivity contribution >= 4 is 11.3 Å². The lowest BCUT2D eigenvalue weighted by molar-refractivity contribution is 0.296. The molecule has 0 spiro atoms. The molecule has 0 aliphatic carbocycles. The molecule has 2 heterocycles. The van der Waals surface area contributed by atoms with Crippen LogP contribution in [0.1, 0.15) is 37.6 Å². The normalized spacial score (nSPS) is 14.2. The number of fused-ring (bicyclic) bond motifs is 1. The van der Waals surface area contributed by atoms with Gasteiger partial charge in [0.1, 0.15) is 5.01 Å². The summed E-state index contributed by atoms with van der Waals surface area (Å²) >= 11 is 1.63. The first-order chi connectivity index (χ1) is 15.6. The van der Waals surface area contributed by atoms with Crippen LogP contribution in [0.5, 0.6) is 23.0 Å². The number of ether oxygens (including phenoxy) is 4. The van der Waals surface area contributed by atoms with Crippen LogP contribution in [0.15, 0.2) is 41.8 Å². The quantitative estimate of drug-likeness (QED) is 0.487. The van der Waals surface area contributed by atoms with Gasteiger partial charge in [-0.1, -0.05) is 19.9 Å². The monoisotopic (exact) mass is 454 g/mol. The predicted octanol–water partition coefficient (Wildman–Crippen LogP) is 5.48. The highest BCUT2D eigenvalue weighted by atomic mass is 32.1. The second-order valence-electron chi connectivity index (χ2n) is 8.07. The Labute approximate surface area is 193 Å². The fourth-order valence-corrected chi connectivity index (χ4v) is 4.63. The van der Waals surface area contributed by atoms with Crippen molar-refractivity contribution in [2.75, 3.05) is 27.4 Å². The largest absolute Gasteiger partial charge is 0.493 e. The topological polar surface area (TPSA) is 61.8 Å². The van der Waals surface area contributed by atoms with Gasteiger partial charge in [0.15, 0.2) is 23.0 Å². The maximum Gasteiger partial charge on any atom is 0.161 e. The number of nitrogens with one attached hydrogen (secondary N) is 1. The molecule has 32 heavy (non-hydrogen) atoms. The molecule has 7 heteroatoms. The van der Waals surface area contributed by atoms with Crippen molar-refractivity contribution in [2.24, 2.45) is 5.92 Å². The van der Waals surface area contributed by atoms with E-state index < -0.39 is 0 Å². The van der Waals surface area contributed by atoms with Gasteiger partial charge in [0.2, 0.25) is 0 Å². The third kappa shape index (κ3) is 5.00. The Morgan fingerprint density at radius 1 is 1.00 bits per heavy atom. The predicted molar refractivity (Wildman–Crippen MR) is 127 cm³/mol. The van der Waals surface area contributed by atoms with E-state index in [1.165, 1.54) is 5.56 Å². The van der Waals surface area contributed by atoms with Crippen LogP contribution in [0, 0.1) is 5.92 Å². The van der Waals surface area contributed by atoms with E-state index in [4.69, 9.17) is 23.9 Å². The molecule has 0 saturated carbocycles. The molecule has 1 N–H and O–H groups in total. The van der Waals surface area contributed by atoms with E-state index in [-0.39, 0.29) is 6.04 Å². The molecule has 0 amide bonds. The summed E-state index contributed by atoms with van der Waals surface area (Å²) in [6.45, 7) is 6.51. The fraction of sp³-hybridized carbons (Fsp3) is 0.400. The van der Waals surface area contributed by atoms with Crippen LogP contribution in [0.4, 0.5) is 0 Å². The van der Waals surface area contributed by atoms with Crippen LogP contribution >= 0.6 is 11.3 Å². The summed E-state index contributed by atoms with van der Waals surface area (Å²) in [5.41, 5.74) is 3.22. The van der Waals surface area contributed by atoms with Crippen molar-refractivity contribution in [3.05, 3.63) is 53.0 Å². The first-order valence-corrected chi connectivity index (χ1v) is 11.8. The second-order valence-corrected chi connectivity index (χ2v) is 8.93. The molecule has 0 radical (unpaired) electrons. The number of hydrogen-bond acceptors (Lipinski definition) is 7. The highest BCUT2D eigenvalue weighted by Crippen LogP contribution is 2.35. The number of aromatic nitrogens is 1. The van der Waals surface area contributed by atoms with Crippen molar-refractivity contribution < 1.29 is 18.9 Å². The minimum absolute atomic E-state index is 0.179. The lowest BCUT2D eigenvalue weighted by atomic mass is 9.95. The summed E-state index contributed by atoms with van der Waals surface area (Å²) < 4.78 is 22.4. The molecule has 0 saturated heterocycles. The molecule has 2 aromatic carbocycles. The summed E-state index contributed by atoms with van der Waals surface area (Å²) in [4.78, 5) is 4.83. The van der Waals surface area contributed by atoms with Gasteiger partial charge in [-0.05, 0) is 41.8 Å². The van der Waals surface area contributed by atoms with E-state index in [1.54, 1.807) is 25.6 Å². The van der Waals surface area contributed by atoms with Crippen molar-refractivity contribution in [3.8, 4) is 33.6 Å². The number of benzene rings is 2. The van der Waals surface area contributed by atoms with Crippen LogP contribution in [-0.2, 0) is 6.54 Å². The summed E-state index contributed by atoms with van der Waals surface area (Å²) in [5.74, 6) is 3.48. The number of methoxy groups -OCH3 is 2. The van der Waals surface area contributed by atoms with Gasteiger partial charge in [-0.25, -0.2) is 4.98 Å². The van der Waals surface area contributed by atoms with E-state index >= 15 is 0 Å². The Bertz CT molecular complexity index is 1050. The van der Waals surface area contributed by atoms with E-state index in [2.05, 4.69) is 36.7 Å². The van der Waals surface area contributed by atoms with Gasteiger partial charge in [0, 0.05) is 30.0 Å². The zero-order chi connectivity index (χ0) is 22.5. The molecule has 4 rings (SSSR count). The summed E-state index contributed by atoms with van der Waals surface area (Å²) in [7, 11) is 3.28. The third-order valence-corrected chi connectivity index (χ3v) is 6.42. The summed E-state index contributed by atoms with van der Waals surface area (Å²) in [6, 6.07) is 12.3. The molecule has 0 fully saturated rings. The molecule has 1 atom stereocenters. The average molecular weight is 455 g/mol. The van der Waals surface area contributed by atoms with E-state index in [9.17, 15) is 0 Å². The van der Waals surface area contributed by atoms with Gasteiger partial charge in [-0.3, -0.25) is 0 Å². The maximum atomic E-state index is 5.89. The van der Waals surface area contributed by atoms with Crippen LogP contribution in [-0.4, -0.2) is 32.4 Å². The molecule has 1 aliphatic heterocycles. The highest BCUT2D eigenvalue weighted by Gasteiger charge is 2.19. The van der Waals surface area contributed by atoms with Crippen molar-refractivity contribution in [3.63, 3.8) is 0 Å². The van der Waals surface area contributed by atoms with Crippen LogP contribution in [0.2, 0.25) is 0 Å². The fourth-order valence-electron chi connectivity index (χ4n) is 3.82. The first-order valence-electron chi connectivity index (χ1n) is 10.9. The lowest BCUT2D eigenvalue weighted by Gasteiger charge is -2.23. The zero-order valence-corrected chi connectivity index (χ0v) is 19.8. The molecule has 6 nitrogen and oxygen atoms in total. The van der Waals surface area contributed by atoms with E-state index in [0.717, 1.165) is 34.2 Å². The molecule has 1 unspecified atom stereocenters. The van der Waals surface area contributed by atoms with E-state index in [0.29, 0.717) is 37.2 Å². The number of thiazole rings is 1. The number of nitrogens with zero attached hydrogens (tertiary/aromatic N) is 1. The zero-order valence-electron chi connectivity index (χ0n) is 19.0. The molecule has 0 bridgehead atoms.